The molecule has 0 radical (unpaired) electrons. The Morgan fingerprint density at radius 3 is 2.19 bits per heavy atom. The maximum absolute atomic E-state index is 12.1. The Hall–Kier alpha value is -3.45. The van der Waals surface area contributed by atoms with E-state index in [0.717, 1.165) is 56.1 Å². The molecule has 0 aliphatic carbocycles. The van der Waals surface area contributed by atoms with Crippen LogP contribution in [0.15, 0.2) is 54.6 Å². The molecule has 0 bridgehead atoms. The minimum Gasteiger partial charge on any atom is -0.497 e. The molecule has 2 amide bonds. The van der Waals surface area contributed by atoms with Gasteiger partial charge in [0.05, 0.1) is 13.2 Å². The third kappa shape index (κ3) is 15.5. The van der Waals surface area contributed by atoms with Crippen LogP contribution in [0.25, 0.3) is 6.08 Å². The van der Waals surface area contributed by atoms with Crippen LogP contribution in [0.1, 0.15) is 69.1 Å². The topological polar surface area (TPSA) is 125 Å². The Morgan fingerprint density at radius 1 is 0.972 bits per heavy atom. The van der Waals surface area contributed by atoms with Gasteiger partial charge in [-0.15, -0.1) is 0 Å². The summed E-state index contributed by atoms with van der Waals surface area (Å²) < 4.78 is 5.11. The molecule has 2 rings (SSSR count). The molecule has 2 aromatic rings. The summed E-state index contributed by atoms with van der Waals surface area (Å²) in [7, 11) is 1.61. The van der Waals surface area contributed by atoms with Gasteiger partial charge in [-0.05, 0) is 54.2 Å². The molecule has 0 saturated heterocycles. The monoisotopic (exact) mass is 497 g/mol. The molecule has 0 heterocycles. The van der Waals surface area contributed by atoms with Crippen molar-refractivity contribution in [1.29, 1.82) is 0 Å². The molecule has 198 valence electrons. The van der Waals surface area contributed by atoms with Crippen LogP contribution in [-0.4, -0.2) is 31.8 Å². The van der Waals surface area contributed by atoms with Crippen LogP contribution in [-0.2, 0) is 27.3 Å². The molecule has 2 aromatic carbocycles. The van der Waals surface area contributed by atoms with Gasteiger partial charge in [-0.25, -0.2) is 0 Å². The van der Waals surface area contributed by atoms with Crippen molar-refractivity contribution in [3.8, 4) is 5.75 Å². The van der Waals surface area contributed by atoms with Gasteiger partial charge < -0.3 is 26.3 Å². The average Bonchev–Trinajstić information content (AvgIpc) is 2.92. The van der Waals surface area contributed by atoms with E-state index >= 15 is 0 Å². The lowest BCUT2D eigenvalue weighted by molar-refractivity contribution is -0.120. The summed E-state index contributed by atoms with van der Waals surface area (Å²) >= 11 is 0. The number of hydrogen-bond donors (Lipinski definition) is 3. The zero-order valence-corrected chi connectivity index (χ0v) is 22.0. The second-order valence-corrected chi connectivity index (χ2v) is 7.82. The molecule has 36 heavy (non-hydrogen) atoms. The molecule has 0 saturated carbocycles. The van der Waals surface area contributed by atoms with E-state index in [4.69, 9.17) is 15.3 Å². The highest BCUT2D eigenvalue weighted by molar-refractivity contribution is 5.93. The van der Waals surface area contributed by atoms with Crippen LogP contribution in [0.3, 0.4) is 0 Å². The van der Waals surface area contributed by atoms with Gasteiger partial charge in [-0.1, -0.05) is 75.9 Å². The van der Waals surface area contributed by atoms with E-state index in [0.29, 0.717) is 13.0 Å². The zero-order valence-electron chi connectivity index (χ0n) is 22.0. The lowest BCUT2D eigenvalue weighted by Gasteiger charge is -2.11. The molecule has 1 unspecified atom stereocenters. The lowest BCUT2D eigenvalue weighted by atomic mass is 10.0. The van der Waals surface area contributed by atoms with Gasteiger partial charge in [0.1, 0.15) is 12.0 Å². The van der Waals surface area contributed by atoms with Gasteiger partial charge in [-0.3, -0.25) is 9.59 Å². The van der Waals surface area contributed by atoms with Crippen molar-refractivity contribution in [2.24, 2.45) is 11.5 Å². The van der Waals surface area contributed by atoms with Crippen molar-refractivity contribution in [1.82, 2.24) is 5.32 Å². The molecule has 0 aromatic heterocycles. The quantitative estimate of drug-likeness (QED) is 0.200. The number of carbonyl (C=O) groups is 3. The number of nitrogens with one attached hydrogen (secondary N) is 1. The highest BCUT2D eigenvalue weighted by atomic mass is 16.5. The SMILES string of the molecule is CC.COc1ccc(/C=C/C(=O)NC(C=O)CCCCCCCc2cccc(CN)c2)cc1.NC=O. The van der Waals surface area contributed by atoms with Crippen LogP contribution < -0.4 is 21.5 Å². The van der Waals surface area contributed by atoms with Crippen molar-refractivity contribution < 1.29 is 19.1 Å². The first-order valence-corrected chi connectivity index (χ1v) is 12.6. The molecular weight excluding hydrogens is 454 g/mol. The van der Waals surface area contributed by atoms with E-state index in [1.807, 2.05) is 38.1 Å². The fraction of sp³-hybridized carbons (Fsp3) is 0.414. The fourth-order valence-corrected chi connectivity index (χ4v) is 3.43. The van der Waals surface area contributed by atoms with Gasteiger partial charge in [0.2, 0.25) is 12.3 Å². The maximum Gasteiger partial charge on any atom is 0.244 e. The third-order valence-corrected chi connectivity index (χ3v) is 5.24. The van der Waals surface area contributed by atoms with E-state index in [2.05, 4.69) is 35.3 Å². The molecular formula is C29H43N3O4. The van der Waals surface area contributed by atoms with E-state index in [-0.39, 0.29) is 12.3 Å². The van der Waals surface area contributed by atoms with Gasteiger partial charge in [-0.2, -0.15) is 0 Å². The first-order chi connectivity index (χ1) is 17.6. The molecule has 7 heteroatoms. The van der Waals surface area contributed by atoms with Crippen LogP contribution in [0, 0.1) is 0 Å². The first kappa shape index (κ1) is 32.5. The van der Waals surface area contributed by atoms with Crippen molar-refractivity contribution in [2.75, 3.05) is 7.11 Å². The zero-order chi connectivity index (χ0) is 27.0. The molecule has 7 nitrogen and oxygen atoms in total. The molecule has 0 spiro atoms. The van der Waals surface area contributed by atoms with Crippen LogP contribution in [0.4, 0.5) is 0 Å². The Morgan fingerprint density at radius 2 is 1.58 bits per heavy atom. The van der Waals surface area contributed by atoms with Crippen molar-refractivity contribution in [2.45, 2.75) is 71.4 Å². The minimum absolute atomic E-state index is 0.250. The summed E-state index contributed by atoms with van der Waals surface area (Å²) in [5.74, 6) is 0.510. The number of unbranched alkanes of at least 4 members (excludes halogenated alkanes) is 4. The molecule has 0 fully saturated rings. The number of ether oxygens (including phenoxy) is 1. The van der Waals surface area contributed by atoms with E-state index < -0.39 is 6.04 Å². The van der Waals surface area contributed by atoms with Gasteiger partial charge >= 0.3 is 0 Å². The van der Waals surface area contributed by atoms with Gasteiger partial charge in [0.25, 0.3) is 0 Å². The Balaban J connectivity index is 0.00000227. The standard InChI is InChI=1S/C26H34N2O3.C2H6.CH3NO/c1-31-25-15-12-21(13-16-25)14-17-26(30)28-24(20-29)11-6-4-2-3-5-8-22-9-7-10-23(18-22)19-27;1-2;2-1-3/h7,9-10,12-18,20,24H,2-6,8,11,19,27H2,1H3,(H,28,30);1-2H3;1H,(H2,2,3)/b17-14+;;. The predicted molar refractivity (Wildman–Crippen MR) is 147 cm³/mol. The number of benzene rings is 2. The summed E-state index contributed by atoms with van der Waals surface area (Å²) in [6.07, 6.45) is 11.4. The number of aryl methyl sites for hydroxylation is 1. The van der Waals surface area contributed by atoms with Gasteiger partial charge in [0.15, 0.2) is 0 Å². The second kappa shape index (κ2) is 22.0. The third-order valence-electron chi connectivity index (χ3n) is 5.24. The summed E-state index contributed by atoms with van der Waals surface area (Å²) in [5.41, 5.74) is 13.3. The minimum atomic E-state index is -0.438. The molecule has 0 aliphatic rings. The number of amides is 2. The Bertz CT molecular complexity index is 882. The number of hydrogen-bond acceptors (Lipinski definition) is 5. The number of rotatable bonds is 14. The lowest BCUT2D eigenvalue weighted by Crippen LogP contribution is -2.34. The number of aldehydes is 1. The van der Waals surface area contributed by atoms with Crippen molar-refractivity contribution >= 4 is 24.7 Å². The van der Waals surface area contributed by atoms with E-state index in [9.17, 15) is 9.59 Å². The van der Waals surface area contributed by atoms with E-state index in [1.54, 1.807) is 13.2 Å². The smallest absolute Gasteiger partial charge is 0.244 e. The van der Waals surface area contributed by atoms with Gasteiger partial charge in [0, 0.05) is 12.6 Å². The second-order valence-electron chi connectivity index (χ2n) is 7.82. The summed E-state index contributed by atoms with van der Waals surface area (Å²) in [6.45, 7) is 4.58. The van der Waals surface area contributed by atoms with Crippen molar-refractivity contribution in [3.05, 3.63) is 71.3 Å². The molecule has 0 aliphatic heterocycles. The Kier molecular flexibility index (Phi) is 19.9. The molecule has 1 atom stereocenters. The number of carbonyl (C=O) groups excluding carboxylic acids is 3. The number of methoxy groups -OCH3 is 1. The fourth-order valence-electron chi connectivity index (χ4n) is 3.43. The summed E-state index contributed by atoms with van der Waals surface area (Å²) in [6, 6.07) is 15.4. The van der Waals surface area contributed by atoms with Crippen LogP contribution in [0.2, 0.25) is 0 Å². The van der Waals surface area contributed by atoms with Crippen LogP contribution in [0.5, 0.6) is 5.75 Å². The first-order valence-electron chi connectivity index (χ1n) is 12.6. The maximum atomic E-state index is 12.1. The average molecular weight is 498 g/mol. The summed E-state index contributed by atoms with van der Waals surface area (Å²) in [5, 5.41) is 2.77. The normalized spacial score (nSPS) is 10.8. The summed E-state index contributed by atoms with van der Waals surface area (Å²) in [4.78, 5) is 32.0. The highest BCUT2D eigenvalue weighted by Crippen LogP contribution is 2.13. The predicted octanol–water partition coefficient (Wildman–Crippen LogP) is 4.56. The number of nitrogens with two attached hydrogens (primary N) is 2. The highest BCUT2D eigenvalue weighted by Gasteiger charge is 2.09. The largest absolute Gasteiger partial charge is 0.497 e. The Labute approximate surface area is 216 Å². The number of primary amides is 1. The van der Waals surface area contributed by atoms with Crippen molar-refractivity contribution in [3.63, 3.8) is 0 Å². The molecule has 5 N–H and O–H groups in total. The van der Waals surface area contributed by atoms with E-state index in [1.165, 1.54) is 17.2 Å². The van der Waals surface area contributed by atoms with Crippen LogP contribution >= 0.6 is 0 Å².